The Morgan fingerprint density at radius 1 is 1.26 bits per heavy atom. The average Bonchev–Trinajstić information content (AvgIpc) is 3.12. The Morgan fingerprint density at radius 3 is 2.81 bits per heavy atom. The molecule has 144 valence electrons. The maximum Gasteiger partial charge on any atom is 0.252 e. The maximum atomic E-state index is 11.2. The topological polar surface area (TPSA) is 123 Å². The molecule has 2 atom stereocenters. The summed E-state index contributed by atoms with van der Waals surface area (Å²) in [7, 11) is 0. The van der Waals surface area contributed by atoms with E-state index in [1.165, 1.54) is 12.1 Å². The van der Waals surface area contributed by atoms with E-state index in [-0.39, 0.29) is 24.1 Å². The number of hydrogen-bond donors (Lipinski definition) is 4. The molecule has 0 saturated carbocycles. The van der Waals surface area contributed by atoms with Crippen molar-refractivity contribution in [1.29, 1.82) is 0 Å². The summed E-state index contributed by atoms with van der Waals surface area (Å²) in [6.45, 7) is 2.72. The lowest BCUT2D eigenvalue weighted by Crippen LogP contribution is -2.34. The van der Waals surface area contributed by atoms with Crippen LogP contribution in [0.4, 0.5) is 0 Å². The van der Waals surface area contributed by atoms with Crippen LogP contribution in [-0.2, 0) is 0 Å². The van der Waals surface area contributed by atoms with Gasteiger partial charge in [-0.25, -0.2) is 0 Å². The molecular formula is C19H22N2O6. The number of ether oxygens (including phenoxy) is 3. The van der Waals surface area contributed by atoms with Crippen molar-refractivity contribution in [2.24, 2.45) is 5.73 Å². The fraction of sp³-hybridized carbons (Fsp3) is 0.316. The number of phenols is 1. The summed E-state index contributed by atoms with van der Waals surface area (Å²) in [5.41, 5.74) is 5.93. The monoisotopic (exact) mass is 374 g/mol. The van der Waals surface area contributed by atoms with Crippen molar-refractivity contribution in [1.82, 2.24) is 5.32 Å². The third-order valence-electron chi connectivity index (χ3n) is 4.17. The Bertz CT molecular complexity index is 826. The van der Waals surface area contributed by atoms with Gasteiger partial charge in [0.25, 0.3) is 5.91 Å². The third kappa shape index (κ3) is 4.60. The zero-order valence-corrected chi connectivity index (χ0v) is 14.8. The van der Waals surface area contributed by atoms with Gasteiger partial charge in [0.15, 0.2) is 11.5 Å². The zero-order valence-electron chi connectivity index (χ0n) is 14.8. The van der Waals surface area contributed by atoms with Gasteiger partial charge in [0, 0.05) is 12.6 Å². The molecular weight excluding hydrogens is 352 g/mol. The Labute approximate surface area is 156 Å². The van der Waals surface area contributed by atoms with Crippen LogP contribution < -0.4 is 25.3 Å². The number of nitrogens with one attached hydrogen (secondary N) is 1. The van der Waals surface area contributed by atoms with Crippen molar-refractivity contribution in [3.05, 3.63) is 47.5 Å². The number of aliphatic hydroxyl groups is 1. The minimum Gasteiger partial charge on any atom is -0.507 e. The van der Waals surface area contributed by atoms with E-state index in [9.17, 15) is 15.0 Å². The molecule has 0 saturated heterocycles. The standard InChI is InChI=1S/C19H22N2O6/c1-11(9-25-13-3-4-15(22)14(7-13)19(20)24)21-8-16(23)12-2-5-17-18(6-12)27-10-26-17/h2-7,11,16,21-23H,8-10H2,1H3,(H2,20,24). The van der Waals surface area contributed by atoms with E-state index in [0.29, 0.717) is 30.4 Å². The van der Waals surface area contributed by atoms with Crippen molar-refractivity contribution in [2.45, 2.75) is 19.1 Å². The van der Waals surface area contributed by atoms with Crippen LogP contribution in [0.3, 0.4) is 0 Å². The van der Waals surface area contributed by atoms with Crippen LogP contribution >= 0.6 is 0 Å². The summed E-state index contributed by atoms with van der Waals surface area (Å²) >= 11 is 0. The molecule has 0 fully saturated rings. The highest BCUT2D eigenvalue weighted by Crippen LogP contribution is 2.34. The number of carbonyl (C=O) groups is 1. The molecule has 0 bridgehead atoms. The number of nitrogens with two attached hydrogens (primary N) is 1. The van der Waals surface area contributed by atoms with E-state index in [2.05, 4.69) is 5.32 Å². The quantitative estimate of drug-likeness (QED) is 0.549. The van der Waals surface area contributed by atoms with Gasteiger partial charge in [-0.15, -0.1) is 0 Å². The Balaban J connectivity index is 1.49. The fourth-order valence-electron chi connectivity index (χ4n) is 2.63. The summed E-state index contributed by atoms with van der Waals surface area (Å²) in [6, 6.07) is 9.56. The minimum absolute atomic E-state index is 0.00587. The number of benzene rings is 2. The highest BCUT2D eigenvalue weighted by atomic mass is 16.7. The second-order valence-corrected chi connectivity index (χ2v) is 6.29. The van der Waals surface area contributed by atoms with Gasteiger partial charge < -0.3 is 35.5 Å². The molecule has 2 unspecified atom stereocenters. The summed E-state index contributed by atoms with van der Waals surface area (Å²) in [5.74, 6) is 0.806. The summed E-state index contributed by atoms with van der Waals surface area (Å²) < 4.78 is 16.2. The summed E-state index contributed by atoms with van der Waals surface area (Å²) in [4.78, 5) is 11.2. The molecule has 8 nitrogen and oxygen atoms in total. The minimum atomic E-state index is -0.726. The lowest BCUT2D eigenvalue weighted by atomic mass is 10.1. The van der Waals surface area contributed by atoms with Gasteiger partial charge >= 0.3 is 0 Å². The predicted octanol–water partition coefficient (Wildman–Crippen LogP) is 1.31. The zero-order chi connectivity index (χ0) is 19.4. The molecule has 0 aromatic heterocycles. The molecule has 2 aromatic rings. The van der Waals surface area contributed by atoms with Crippen LogP contribution in [0.25, 0.3) is 0 Å². The van der Waals surface area contributed by atoms with E-state index >= 15 is 0 Å². The highest BCUT2D eigenvalue weighted by Gasteiger charge is 2.17. The summed E-state index contributed by atoms with van der Waals surface area (Å²) in [5, 5.41) is 23.1. The SMILES string of the molecule is CC(COc1ccc(O)c(C(N)=O)c1)NCC(O)c1ccc2c(c1)OCO2. The van der Waals surface area contributed by atoms with E-state index < -0.39 is 12.0 Å². The molecule has 3 rings (SSSR count). The number of hydrogen-bond acceptors (Lipinski definition) is 7. The number of fused-ring (bicyclic) bond motifs is 1. The molecule has 0 radical (unpaired) electrons. The van der Waals surface area contributed by atoms with Crippen molar-refractivity contribution in [3.8, 4) is 23.0 Å². The maximum absolute atomic E-state index is 11.2. The number of aliphatic hydroxyl groups excluding tert-OH is 1. The average molecular weight is 374 g/mol. The molecule has 0 aliphatic carbocycles. The molecule has 2 aromatic carbocycles. The first-order valence-electron chi connectivity index (χ1n) is 8.50. The van der Waals surface area contributed by atoms with Crippen LogP contribution in [-0.4, -0.2) is 42.1 Å². The molecule has 1 aliphatic heterocycles. The smallest absolute Gasteiger partial charge is 0.252 e. The molecule has 1 amide bonds. The highest BCUT2D eigenvalue weighted by molar-refractivity contribution is 5.95. The Kier molecular flexibility index (Phi) is 5.68. The normalized spacial score (nSPS) is 14.6. The van der Waals surface area contributed by atoms with Gasteiger partial charge in [-0.3, -0.25) is 4.79 Å². The van der Waals surface area contributed by atoms with Gasteiger partial charge in [-0.2, -0.15) is 0 Å². The van der Waals surface area contributed by atoms with Gasteiger partial charge in [0.05, 0.1) is 11.7 Å². The molecule has 5 N–H and O–H groups in total. The van der Waals surface area contributed by atoms with Crippen LogP contribution in [0, 0.1) is 0 Å². The molecule has 1 aliphatic rings. The number of rotatable bonds is 8. The number of carbonyl (C=O) groups excluding carboxylic acids is 1. The molecule has 8 heteroatoms. The number of primary amides is 1. The van der Waals surface area contributed by atoms with Crippen LogP contribution in [0.1, 0.15) is 28.9 Å². The second-order valence-electron chi connectivity index (χ2n) is 6.29. The van der Waals surface area contributed by atoms with Gasteiger partial charge in [-0.05, 0) is 42.8 Å². The predicted molar refractivity (Wildman–Crippen MR) is 97.1 cm³/mol. The third-order valence-corrected chi connectivity index (χ3v) is 4.17. The largest absolute Gasteiger partial charge is 0.507 e. The first-order valence-corrected chi connectivity index (χ1v) is 8.50. The first kappa shape index (κ1) is 18.8. The summed E-state index contributed by atoms with van der Waals surface area (Å²) in [6.07, 6.45) is -0.711. The van der Waals surface area contributed by atoms with Crippen molar-refractivity contribution in [2.75, 3.05) is 19.9 Å². The first-order chi connectivity index (χ1) is 12.9. The lowest BCUT2D eigenvalue weighted by Gasteiger charge is -2.18. The van der Waals surface area contributed by atoms with Gasteiger partial charge in [0.2, 0.25) is 6.79 Å². The second kappa shape index (κ2) is 8.15. The molecule has 0 spiro atoms. The van der Waals surface area contributed by atoms with Gasteiger partial charge in [-0.1, -0.05) is 6.07 Å². The lowest BCUT2D eigenvalue weighted by molar-refractivity contribution is 0.0997. The van der Waals surface area contributed by atoms with Crippen LogP contribution in [0.15, 0.2) is 36.4 Å². The van der Waals surface area contributed by atoms with E-state index in [0.717, 1.165) is 5.56 Å². The fourth-order valence-corrected chi connectivity index (χ4v) is 2.63. The van der Waals surface area contributed by atoms with Crippen LogP contribution in [0.5, 0.6) is 23.0 Å². The number of aromatic hydroxyl groups is 1. The van der Waals surface area contributed by atoms with Crippen molar-refractivity contribution in [3.63, 3.8) is 0 Å². The number of amides is 1. The van der Waals surface area contributed by atoms with Gasteiger partial charge in [0.1, 0.15) is 18.1 Å². The van der Waals surface area contributed by atoms with Crippen molar-refractivity contribution >= 4 is 5.91 Å². The van der Waals surface area contributed by atoms with E-state index in [4.69, 9.17) is 19.9 Å². The van der Waals surface area contributed by atoms with Crippen LogP contribution in [0.2, 0.25) is 0 Å². The Morgan fingerprint density at radius 2 is 2.04 bits per heavy atom. The molecule has 1 heterocycles. The van der Waals surface area contributed by atoms with Crippen molar-refractivity contribution < 1.29 is 29.2 Å². The van der Waals surface area contributed by atoms with E-state index in [1.807, 2.05) is 6.92 Å². The van der Waals surface area contributed by atoms with E-state index in [1.54, 1.807) is 24.3 Å². The Hall–Kier alpha value is -2.97. The molecule has 27 heavy (non-hydrogen) atoms.